The molecule has 5 heteroatoms. The molecule has 0 saturated carbocycles. The minimum Gasteiger partial charge on any atom is -0.508 e. The predicted octanol–water partition coefficient (Wildman–Crippen LogP) is 3.06. The molecule has 94 valence electrons. The molecule has 0 spiro atoms. The van der Waals surface area contributed by atoms with Crippen LogP contribution in [0.3, 0.4) is 0 Å². The van der Waals surface area contributed by atoms with Crippen LogP contribution in [0.4, 0.5) is 0 Å². The van der Waals surface area contributed by atoms with E-state index in [-0.39, 0.29) is 11.3 Å². The SMILES string of the molecule is O=c1[nH]c2ccnc(-c3ccc(O)cc3)c2cc1Br. The van der Waals surface area contributed by atoms with Crippen LogP contribution >= 0.6 is 15.9 Å². The summed E-state index contributed by atoms with van der Waals surface area (Å²) >= 11 is 3.22. The lowest BCUT2D eigenvalue weighted by atomic mass is 10.1. The number of phenols is 1. The summed E-state index contributed by atoms with van der Waals surface area (Å²) in [6.45, 7) is 0. The van der Waals surface area contributed by atoms with Crippen LogP contribution in [0.2, 0.25) is 0 Å². The number of aromatic amines is 1. The largest absolute Gasteiger partial charge is 0.508 e. The Balaban J connectivity index is 2.32. The number of hydrogen-bond acceptors (Lipinski definition) is 3. The van der Waals surface area contributed by atoms with Crippen molar-refractivity contribution in [3.63, 3.8) is 0 Å². The van der Waals surface area contributed by atoms with Crippen molar-refractivity contribution >= 4 is 26.8 Å². The number of aromatic hydroxyl groups is 1. The van der Waals surface area contributed by atoms with Gasteiger partial charge in [0.05, 0.1) is 15.7 Å². The lowest BCUT2D eigenvalue weighted by Gasteiger charge is -2.06. The highest BCUT2D eigenvalue weighted by molar-refractivity contribution is 9.10. The zero-order valence-electron chi connectivity index (χ0n) is 9.72. The molecule has 0 unspecified atom stereocenters. The Bertz CT molecular complexity index is 810. The number of phenolic OH excluding ortho intramolecular Hbond substituents is 1. The van der Waals surface area contributed by atoms with Crippen molar-refractivity contribution in [2.75, 3.05) is 0 Å². The Morgan fingerprint density at radius 2 is 1.89 bits per heavy atom. The van der Waals surface area contributed by atoms with E-state index in [0.717, 1.165) is 22.2 Å². The van der Waals surface area contributed by atoms with Crippen molar-refractivity contribution in [3.05, 3.63) is 57.4 Å². The second-order valence-electron chi connectivity index (χ2n) is 4.11. The molecule has 19 heavy (non-hydrogen) atoms. The van der Waals surface area contributed by atoms with Gasteiger partial charge in [0.2, 0.25) is 0 Å². The molecule has 0 atom stereocenters. The molecule has 0 aliphatic heterocycles. The third-order valence-electron chi connectivity index (χ3n) is 2.87. The van der Waals surface area contributed by atoms with Crippen LogP contribution in [0, 0.1) is 0 Å². The summed E-state index contributed by atoms with van der Waals surface area (Å²) in [6.07, 6.45) is 1.65. The highest BCUT2D eigenvalue weighted by atomic mass is 79.9. The number of halogens is 1. The van der Waals surface area contributed by atoms with Crippen molar-refractivity contribution in [2.45, 2.75) is 0 Å². The van der Waals surface area contributed by atoms with Gasteiger partial charge in [0.1, 0.15) is 5.75 Å². The summed E-state index contributed by atoms with van der Waals surface area (Å²) in [6, 6.07) is 10.3. The number of aromatic nitrogens is 2. The first kappa shape index (κ1) is 11.9. The molecule has 0 amide bonds. The maximum atomic E-state index is 11.6. The van der Waals surface area contributed by atoms with Gasteiger partial charge in [-0.15, -0.1) is 0 Å². The number of benzene rings is 1. The lowest BCUT2D eigenvalue weighted by molar-refractivity contribution is 0.475. The summed E-state index contributed by atoms with van der Waals surface area (Å²) in [4.78, 5) is 18.7. The predicted molar refractivity (Wildman–Crippen MR) is 77.2 cm³/mol. The molecule has 0 aliphatic carbocycles. The van der Waals surface area contributed by atoms with Gasteiger partial charge in [-0.3, -0.25) is 9.78 Å². The molecule has 2 N–H and O–H groups in total. The van der Waals surface area contributed by atoms with Gasteiger partial charge in [-0.25, -0.2) is 0 Å². The average Bonchev–Trinajstić information content (AvgIpc) is 2.41. The van der Waals surface area contributed by atoms with Crippen molar-refractivity contribution in [3.8, 4) is 17.0 Å². The van der Waals surface area contributed by atoms with E-state index in [0.29, 0.717) is 4.47 Å². The van der Waals surface area contributed by atoms with E-state index in [1.807, 2.05) is 0 Å². The van der Waals surface area contributed by atoms with Crippen LogP contribution in [-0.4, -0.2) is 15.1 Å². The number of fused-ring (bicyclic) bond motifs is 1. The summed E-state index contributed by atoms with van der Waals surface area (Å²) in [7, 11) is 0. The van der Waals surface area contributed by atoms with Crippen LogP contribution in [0.5, 0.6) is 5.75 Å². The summed E-state index contributed by atoms with van der Waals surface area (Å²) in [5.74, 6) is 0.207. The molecule has 4 nitrogen and oxygen atoms in total. The molecule has 2 heterocycles. The fourth-order valence-corrected chi connectivity index (χ4v) is 2.28. The van der Waals surface area contributed by atoms with Gasteiger partial charge in [-0.1, -0.05) is 0 Å². The van der Waals surface area contributed by atoms with Gasteiger partial charge in [-0.2, -0.15) is 0 Å². The first-order chi connectivity index (χ1) is 9.15. The molecular weight excluding hydrogens is 308 g/mol. The molecule has 1 aromatic carbocycles. The zero-order chi connectivity index (χ0) is 13.4. The smallest absolute Gasteiger partial charge is 0.262 e. The van der Waals surface area contributed by atoms with Crippen molar-refractivity contribution in [2.24, 2.45) is 0 Å². The molecule has 3 aromatic rings. The second-order valence-corrected chi connectivity index (χ2v) is 4.97. The van der Waals surface area contributed by atoms with E-state index in [1.54, 1.807) is 42.6 Å². The van der Waals surface area contributed by atoms with E-state index in [9.17, 15) is 9.90 Å². The molecule has 0 bridgehead atoms. The zero-order valence-corrected chi connectivity index (χ0v) is 11.3. The van der Waals surface area contributed by atoms with Gasteiger partial charge < -0.3 is 10.1 Å². The number of hydrogen-bond donors (Lipinski definition) is 2. The van der Waals surface area contributed by atoms with Gasteiger partial charge in [0.25, 0.3) is 5.56 Å². The van der Waals surface area contributed by atoms with E-state index in [2.05, 4.69) is 25.9 Å². The number of nitrogens with zero attached hydrogens (tertiary/aromatic N) is 1. The van der Waals surface area contributed by atoms with E-state index < -0.39 is 0 Å². The Morgan fingerprint density at radius 3 is 2.63 bits per heavy atom. The third-order valence-corrected chi connectivity index (χ3v) is 3.46. The summed E-state index contributed by atoms with van der Waals surface area (Å²) in [5.41, 5.74) is 2.19. The van der Waals surface area contributed by atoms with Crippen LogP contribution < -0.4 is 5.56 Å². The molecule has 0 fully saturated rings. The fourth-order valence-electron chi connectivity index (χ4n) is 1.95. The molecule has 2 aromatic heterocycles. The quantitative estimate of drug-likeness (QED) is 0.725. The van der Waals surface area contributed by atoms with Crippen LogP contribution in [-0.2, 0) is 0 Å². The second kappa shape index (κ2) is 4.51. The Morgan fingerprint density at radius 1 is 1.16 bits per heavy atom. The van der Waals surface area contributed by atoms with Gasteiger partial charge >= 0.3 is 0 Å². The van der Waals surface area contributed by atoms with Gasteiger partial charge in [0.15, 0.2) is 0 Å². The standard InChI is InChI=1S/C14H9BrN2O2/c15-11-7-10-12(17-14(11)19)5-6-16-13(10)8-1-3-9(18)4-2-8/h1-7,18H,(H,17,19). The summed E-state index contributed by atoms with van der Waals surface area (Å²) < 4.78 is 0.466. The number of nitrogens with one attached hydrogen (secondary N) is 1. The van der Waals surface area contributed by atoms with Gasteiger partial charge in [0, 0.05) is 17.1 Å². The van der Waals surface area contributed by atoms with Crippen molar-refractivity contribution in [1.29, 1.82) is 0 Å². The highest BCUT2D eigenvalue weighted by Crippen LogP contribution is 2.27. The fraction of sp³-hybridized carbons (Fsp3) is 0. The maximum Gasteiger partial charge on any atom is 0.262 e. The minimum absolute atomic E-state index is 0.171. The average molecular weight is 317 g/mol. The number of rotatable bonds is 1. The normalized spacial score (nSPS) is 10.8. The molecule has 0 radical (unpaired) electrons. The Labute approximate surface area is 116 Å². The van der Waals surface area contributed by atoms with Crippen LogP contribution in [0.25, 0.3) is 22.2 Å². The topological polar surface area (TPSA) is 66.0 Å². The lowest BCUT2D eigenvalue weighted by Crippen LogP contribution is -2.06. The van der Waals surface area contributed by atoms with Crippen LogP contribution in [0.15, 0.2) is 51.9 Å². The monoisotopic (exact) mass is 316 g/mol. The highest BCUT2D eigenvalue weighted by Gasteiger charge is 2.08. The Hall–Kier alpha value is -2.14. The summed E-state index contributed by atoms with van der Waals surface area (Å²) in [5, 5.41) is 10.2. The van der Waals surface area contributed by atoms with Gasteiger partial charge in [-0.05, 0) is 52.3 Å². The minimum atomic E-state index is -0.171. The number of pyridine rings is 2. The third kappa shape index (κ3) is 2.13. The van der Waals surface area contributed by atoms with Crippen LogP contribution in [0.1, 0.15) is 0 Å². The molecule has 0 aliphatic rings. The first-order valence-corrected chi connectivity index (χ1v) is 6.41. The Kier molecular flexibility index (Phi) is 2.83. The van der Waals surface area contributed by atoms with E-state index in [4.69, 9.17) is 0 Å². The van der Waals surface area contributed by atoms with Crippen molar-refractivity contribution in [1.82, 2.24) is 9.97 Å². The van der Waals surface area contributed by atoms with E-state index in [1.165, 1.54) is 0 Å². The first-order valence-electron chi connectivity index (χ1n) is 5.62. The maximum absolute atomic E-state index is 11.6. The molecule has 0 saturated heterocycles. The number of H-pyrrole nitrogens is 1. The van der Waals surface area contributed by atoms with E-state index >= 15 is 0 Å². The molecular formula is C14H9BrN2O2. The van der Waals surface area contributed by atoms with Crippen molar-refractivity contribution < 1.29 is 5.11 Å². The molecule has 3 rings (SSSR count).